The second-order valence-corrected chi connectivity index (χ2v) is 8.74. The van der Waals surface area contributed by atoms with E-state index < -0.39 is 6.10 Å². The van der Waals surface area contributed by atoms with Crippen LogP contribution in [0.3, 0.4) is 0 Å². The largest absolute Gasteiger partial charge is 0.493 e. The molecule has 1 aromatic carbocycles. The zero-order valence-corrected chi connectivity index (χ0v) is 17.4. The summed E-state index contributed by atoms with van der Waals surface area (Å²) in [4.78, 5) is 12.2. The Morgan fingerprint density at radius 1 is 1.10 bits per heavy atom. The van der Waals surface area contributed by atoms with Crippen LogP contribution in [0, 0.1) is 5.92 Å². The van der Waals surface area contributed by atoms with Crippen LogP contribution in [-0.4, -0.2) is 64.3 Å². The van der Waals surface area contributed by atoms with Crippen LogP contribution < -0.4 is 9.47 Å². The molecule has 3 aromatic rings. The average molecular weight is 444 g/mol. The minimum Gasteiger partial charge on any atom is -0.493 e. The van der Waals surface area contributed by atoms with Crippen molar-refractivity contribution in [2.45, 2.75) is 37.3 Å². The lowest BCUT2D eigenvalue weighted by atomic mass is 10.1. The van der Waals surface area contributed by atoms with Gasteiger partial charge in [-0.1, -0.05) is 11.6 Å². The number of halogens is 1. The second-order valence-electron chi connectivity index (χ2n) is 8.33. The van der Waals surface area contributed by atoms with E-state index in [0.29, 0.717) is 40.4 Å². The molecule has 3 fully saturated rings. The summed E-state index contributed by atoms with van der Waals surface area (Å²) in [7, 11) is 0. The minimum atomic E-state index is -0.622. The fourth-order valence-corrected chi connectivity index (χ4v) is 4.31. The molecule has 4 heterocycles. The van der Waals surface area contributed by atoms with Gasteiger partial charge in [0.25, 0.3) is 6.01 Å². The normalized spacial score (nSPS) is 27.5. The number of rotatable bonds is 6. The van der Waals surface area contributed by atoms with Crippen LogP contribution >= 0.6 is 11.6 Å². The molecule has 8 nitrogen and oxygen atoms in total. The van der Waals surface area contributed by atoms with E-state index in [2.05, 4.69) is 15.0 Å². The quantitative estimate of drug-likeness (QED) is 0.604. The number of imidazole rings is 1. The van der Waals surface area contributed by atoms with Gasteiger partial charge in [0.05, 0.1) is 36.1 Å². The number of aromatic nitrogens is 3. The summed E-state index contributed by atoms with van der Waals surface area (Å²) < 4.78 is 22.9. The lowest BCUT2D eigenvalue weighted by Gasteiger charge is -2.15. The summed E-state index contributed by atoms with van der Waals surface area (Å²) in [6.07, 6.45) is 0.887. The van der Waals surface area contributed by atoms with Crippen LogP contribution in [0.2, 0.25) is 5.02 Å². The molecule has 0 radical (unpaired) electrons. The fraction of sp³-hybridized carbons (Fsp3) is 0.455. The van der Waals surface area contributed by atoms with E-state index in [1.54, 1.807) is 6.07 Å². The summed E-state index contributed by atoms with van der Waals surface area (Å²) in [5.41, 5.74) is 2.71. The molecule has 9 heteroatoms. The molecule has 162 valence electrons. The van der Waals surface area contributed by atoms with Crippen LogP contribution in [0.15, 0.2) is 30.3 Å². The Labute approximate surface area is 183 Å². The van der Waals surface area contributed by atoms with Gasteiger partial charge in [0, 0.05) is 5.56 Å². The van der Waals surface area contributed by atoms with E-state index in [9.17, 15) is 5.11 Å². The molecule has 2 aliphatic heterocycles. The van der Waals surface area contributed by atoms with Gasteiger partial charge in [-0.3, -0.25) is 0 Å². The number of pyridine rings is 1. The molecule has 1 aliphatic carbocycles. The van der Waals surface area contributed by atoms with E-state index in [1.165, 1.54) is 12.8 Å². The number of nitrogens with zero attached hydrogens (tertiary/aromatic N) is 2. The molecule has 31 heavy (non-hydrogen) atoms. The maximum absolute atomic E-state index is 9.88. The first-order valence-corrected chi connectivity index (χ1v) is 10.9. The third kappa shape index (κ3) is 3.74. The zero-order valence-electron chi connectivity index (χ0n) is 16.7. The van der Waals surface area contributed by atoms with E-state index in [-0.39, 0.29) is 24.9 Å². The SMILES string of the molecule is O[C@@H]1CO[C@H]2[C@@H]1OC[C@H]2Oc1nc2nc(-c3ccc(OCC4CC4)cc3)c(Cl)cc2[nH]1. The predicted octanol–water partition coefficient (Wildman–Crippen LogP) is 2.97. The number of hydrogen-bond acceptors (Lipinski definition) is 7. The minimum absolute atomic E-state index is 0.250. The van der Waals surface area contributed by atoms with Gasteiger partial charge in [-0.25, -0.2) is 4.98 Å². The molecule has 3 aliphatic rings. The Bertz CT molecular complexity index is 1100. The molecule has 6 rings (SSSR count). The second kappa shape index (κ2) is 7.63. The zero-order chi connectivity index (χ0) is 20.9. The third-order valence-electron chi connectivity index (χ3n) is 5.96. The molecule has 1 saturated carbocycles. The molecule has 2 aromatic heterocycles. The van der Waals surface area contributed by atoms with Crippen molar-refractivity contribution in [1.82, 2.24) is 15.0 Å². The summed E-state index contributed by atoms with van der Waals surface area (Å²) in [5.74, 6) is 1.56. The summed E-state index contributed by atoms with van der Waals surface area (Å²) >= 11 is 6.51. The van der Waals surface area contributed by atoms with Gasteiger partial charge < -0.3 is 29.0 Å². The fourth-order valence-electron chi connectivity index (χ4n) is 4.05. The van der Waals surface area contributed by atoms with Crippen molar-refractivity contribution in [2.75, 3.05) is 19.8 Å². The molecular formula is C22H22ClN3O5. The summed E-state index contributed by atoms with van der Waals surface area (Å²) in [5, 5.41) is 10.4. The number of aliphatic hydroxyl groups excluding tert-OH is 1. The molecule has 0 spiro atoms. The highest BCUT2D eigenvalue weighted by atomic mass is 35.5. The highest BCUT2D eigenvalue weighted by molar-refractivity contribution is 6.33. The topological polar surface area (TPSA) is 98.7 Å². The van der Waals surface area contributed by atoms with Crippen molar-refractivity contribution in [1.29, 1.82) is 0 Å². The van der Waals surface area contributed by atoms with Crippen molar-refractivity contribution < 1.29 is 24.1 Å². The smallest absolute Gasteiger partial charge is 0.296 e. The van der Waals surface area contributed by atoms with Crippen molar-refractivity contribution in [2.24, 2.45) is 5.92 Å². The number of aliphatic hydroxyl groups is 1. The standard InChI is InChI=1S/C22H22ClN3O5/c23-14-7-15-21(25-18(14)12-3-5-13(6-4-12)28-8-11-1-2-11)26-22(24-15)31-17-10-30-19-16(27)9-29-20(17)19/h3-7,11,16-17,19-20,27H,1-2,8-10H2,(H,24,25,26)/t16-,17-,19-,20-/m1/s1. The number of hydrogen-bond donors (Lipinski definition) is 2. The number of aromatic amines is 1. The first-order valence-electron chi connectivity index (χ1n) is 10.5. The van der Waals surface area contributed by atoms with Crippen LogP contribution in [0.1, 0.15) is 12.8 Å². The Hall–Kier alpha value is -2.39. The monoisotopic (exact) mass is 443 g/mol. The van der Waals surface area contributed by atoms with Crippen LogP contribution in [0.5, 0.6) is 11.8 Å². The van der Waals surface area contributed by atoms with E-state index >= 15 is 0 Å². The van der Waals surface area contributed by atoms with Gasteiger partial charge in [-0.05, 0) is 49.1 Å². The maximum Gasteiger partial charge on any atom is 0.296 e. The Morgan fingerprint density at radius 2 is 1.90 bits per heavy atom. The highest BCUT2D eigenvalue weighted by Crippen LogP contribution is 2.33. The van der Waals surface area contributed by atoms with Crippen molar-refractivity contribution >= 4 is 22.8 Å². The van der Waals surface area contributed by atoms with E-state index in [1.807, 2.05) is 24.3 Å². The number of fused-ring (bicyclic) bond motifs is 2. The number of H-pyrrole nitrogens is 1. The predicted molar refractivity (Wildman–Crippen MR) is 112 cm³/mol. The molecule has 2 N–H and O–H groups in total. The molecule has 0 unspecified atom stereocenters. The van der Waals surface area contributed by atoms with Gasteiger partial charge in [-0.15, -0.1) is 0 Å². The maximum atomic E-state index is 9.88. The van der Waals surface area contributed by atoms with Crippen LogP contribution in [0.25, 0.3) is 22.4 Å². The first-order chi connectivity index (χ1) is 15.1. The Balaban J connectivity index is 1.21. The highest BCUT2D eigenvalue weighted by Gasteiger charge is 2.48. The van der Waals surface area contributed by atoms with Gasteiger partial charge in [0.2, 0.25) is 0 Å². The van der Waals surface area contributed by atoms with Gasteiger partial charge >= 0.3 is 0 Å². The molecular weight excluding hydrogens is 422 g/mol. The molecule has 2 saturated heterocycles. The van der Waals surface area contributed by atoms with Crippen molar-refractivity contribution in [3.05, 3.63) is 35.4 Å². The lowest BCUT2D eigenvalue weighted by molar-refractivity contribution is 0.00706. The van der Waals surface area contributed by atoms with Crippen molar-refractivity contribution in [3.8, 4) is 23.0 Å². The molecule has 4 atom stereocenters. The van der Waals surface area contributed by atoms with Crippen molar-refractivity contribution in [3.63, 3.8) is 0 Å². The van der Waals surface area contributed by atoms with Crippen LogP contribution in [-0.2, 0) is 9.47 Å². The van der Waals surface area contributed by atoms with E-state index in [0.717, 1.165) is 17.9 Å². The molecule has 0 amide bonds. The number of nitrogens with one attached hydrogen (secondary N) is 1. The van der Waals surface area contributed by atoms with Gasteiger partial charge in [-0.2, -0.15) is 4.98 Å². The molecule has 0 bridgehead atoms. The Morgan fingerprint density at radius 3 is 2.71 bits per heavy atom. The van der Waals surface area contributed by atoms with Gasteiger partial charge in [0.15, 0.2) is 11.8 Å². The first kappa shape index (κ1) is 19.3. The number of benzene rings is 1. The lowest BCUT2D eigenvalue weighted by Crippen LogP contribution is -2.34. The summed E-state index contributed by atoms with van der Waals surface area (Å²) in [6, 6.07) is 9.88. The Kier molecular flexibility index (Phi) is 4.75. The van der Waals surface area contributed by atoms with Crippen LogP contribution in [0.4, 0.5) is 0 Å². The summed E-state index contributed by atoms with van der Waals surface area (Å²) in [6.45, 7) is 1.36. The average Bonchev–Trinajstić information content (AvgIpc) is 3.22. The van der Waals surface area contributed by atoms with Gasteiger partial charge in [0.1, 0.15) is 24.1 Å². The number of ether oxygens (including phenoxy) is 4. The van der Waals surface area contributed by atoms with E-state index in [4.69, 9.17) is 30.5 Å². The third-order valence-corrected chi connectivity index (χ3v) is 6.25.